The van der Waals surface area contributed by atoms with E-state index in [1.807, 2.05) is 18.2 Å². The van der Waals surface area contributed by atoms with Gasteiger partial charge in [-0.1, -0.05) is 12.1 Å². The molecule has 1 heterocycles. The molecule has 0 aliphatic rings. The highest BCUT2D eigenvalue weighted by molar-refractivity contribution is 6.04. The Kier molecular flexibility index (Phi) is 5.76. The van der Waals surface area contributed by atoms with Crippen LogP contribution in [0.2, 0.25) is 0 Å². The van der Waals surface area contributed by atoms with Crippen LogP contribution in [0.1, 0.15) is 10.4 Å². The SMILES string of the molecule is COc1ccc(NC(=O)c2ccc(NC(=O)Cn3c(=O)n(C)c4ccccc43)cc2)cc1. The summed E-state index contributed by atoms with van der Waals surface area (Å²) in [5, 5.41) is 5.57. The Morgan fingerprint density at radius 1 is 0.844 bits per heavy atom. The number of fused-ring (bicyclic) bond motifs is 1. The molecule has 0 unspecified atom stereocenters. The predicted molar refractivity (Wildman–Crippen MR) is 123 cm³/mol. The molecule has 0 aliphatic carbocycles. The van der Waals surface area contributed by atoms with Crippen LogP contribution in [0.4, 0.5) is 11.4 Å². The number of nitrogens with zero attached hydrogens (tertiary/aromatic N) is 2. The fourth-order valence-corrected chi connectivity index (χ4v) is 3.44. The Morgan fingerprint density at radius 3 is 2.09 bits per heavy atom. The highest BCUT2D eigenvalue weighted by Crippen LogP contribution is 2.17. The first kappa shape index (κ1) is 20.9. The second-order valence-corrected chi connectivity index (χ2v) is 7.22. The molecule has 0 radical (unpaired) electrons. The van der Waals surface area contributed by atoms with Crippen LogP contribution in [0, 0.1) is 0 Å². The van der Waals surface area contributed by atoms with Crippen molar-refractivity contribution in [2.75, 3.05) is 17.7 Å². The number of hydrogen-bond acceptors (Lipinski definition) is 4. The lowest BCUT2D eigenvalue weighted by atomic mass is 10.2. The van der Waals surface area contributed by atoms with Crippen molar-refractivity contribution >= 4 is 34.2 Å². The molecule has 0 atom stereocenters. The summed E-state index contributed by atoms with van der Waals surface area (Å²) in [7, 11) is 3.25. The first-order valence-corrected chi connectivity index (χ1v) is 9.96. The van der Waals surface area contributed by atoms with Crippen molar-refractivity contribution in [1.82, 2.24) is 9.13 Å². The van der Waals surface area contributed by atoms with Crippen LogP contribution >= 0.6 is 0 Å². The smallest absolute Gasteiger partial charge is 0.329 e. The maximum absolute atomic E-state index is 12.5. The van der Waals surface area contributed by atoms with Gasteiger partial charge in [0, 0.05) is 24.0 Å². The molecule has 0 saturated heterocycles. The number of amides is 2. The molecule has 2 amide bonds. The third kappa shape index (κ3) is 4.24. The maximum atomic E-state index is 12.5. The Morgan fingerprint density at radius 2 is 1.44 bits per heavy atom. The van der Waals surface area contributed by atoms with Crippen molar-refractivity contribution in [3.8, 4) is 5.75 Å². The van der Waals surface area contributed by atoms with Gasteiger partial charge in [0.25, 0.3) is 5.91 Å². The zero-order valence-electron chi connectivity index (χ0n) is 17.7. The maximum Gasteiger partial charge on any atom is 0.329 e. The van der Waals surface area contributed by atoms with Gasteiger partial charge in [-0.05, 0) is 60.7 Å². The highest BCUT2D eigenvalue weighted by atomic mass is 16.5. The van der Waals surface area contributed by atoms with E-state index in [-0.39, 0.29) is 24.0 Å². The normalized spacial score (nSPS) is 10.7. The lowest BCUT2D eigenvalue weighted by Crippen LogP contribution is -2.28. The minimum Gasteiger partial charge on any atom is -0.497 e. The predicted octanol–water partition coefficient (Wildman–Crippen LogP) is 3.24. The van der Waals surface area contributed by atoms with Gasteiger partial charge in [-0.15, -0.1) is 0 Å². The molecule has 32 heavy (non-hydrogen) atoms. The number of nitrogens with one attached hydrogen (secondary N) is 2. The number of aryl methyl sites for hydroxylation is 1. The van der Waals surface area contributed by atoms with Crippen LogP contribution in [0.25, 0.3) is 11.0 Å². The highest BCUT2D eigenvalue weighted by Gasteiger charge is 2.14. The van der Waals surface area contributed by atoms with Gasteiger partial charge in [0.05, 0.1) is 18.1 Å². The Balaban J connectivity index is 1.41. The molecule has 2 N–H and O–H groups in total. The van der Waals surface area contributed by atoms with Crippen molar-refractivity contribution in [3.63, 3.8) is 0 Å². The van der Waals surface area contributed by atoms with E-state index in [2.05, 4.69) is 10.6 Å². The summed E-state index contributed by atoms with van der Waals surface area (Å²) in [5.74, 6) is 0.100. The number of benzene rings is 3. The van der Waals surface area contributed by atoms with Crippen LogP contribution < -0.4 is 21.1 Å². The number of hydrogen-bond donors (Lipinski definition) is 2. The number of aromatic nitrogens is 2. The molecule has 0 saturated carbocycles. The molecule has 8 heteroatoms. The quantitative estimate of drug-likeness (QED) is 0.491. The van der Waals surface area contributed by atoms with E-state index in [9.17, 15) is 14.4 Å². The van der Waals surface area contributed by atoms with E-state index >= 15 is 0 Å². The fourth-order valence-electron chi connectivity index (χ4n) is 3.44. The molecule has 1 aromatic heterocycles. The van der Waals surface area contributed by atoms with Crippen molar-refractivity contribution in [2.45, 2.75) is 6.54 Å². The van der Waals surface area contributed by atoms with Crippen LogP contribution in [-0.4, -0.2) is 28.1 Å². The molecule has 3 aromatic carbocycles. The van der Waals surface area contributed by atoms with E-state index in [0.717, 1.165) is 5.52 Å². The fraction of sp³-hybridized carbons (Fsp3) is 0.125. The summed E-state index contributed by atoms with van der Waals surface area (Å²) in [6, 6.07) is 20.9. The number of methoxy groups -OCH3 is 1. The van der Waals surface area contributed by atoms with Gasteiger partial charge in [0.15, 0.2) is 0 Å². The molecule has 162 valence electrons. The molecule has 4 rings (SSSR count). The lowest BCUT2D eigenvalue weighted by Gasteiger charge is -2.09. The van der Waals surface area contributed by atoms with Gasteiger partial charge in [0.2, 0.25) is 5.91 Å². The van der Waals surface area contributed by atoms with Crippen molar-refractivity contribution in [3.05, 3.63) is 88.8 Å². The number of anilines is 2. The number of carbonyl (C=O) groups excluding carboxylic acids is 2. The topological polar surface area (TPSA) is 94.4 Å². The van der Waals surface area contributed by atoms with Gasteiger partial charge in [-0.25, -0.2) is 4.79 Å². The lowest BCUT2D eigenvalue weighted by molar-refractivity contribution is -0.116. The summed E-state index contributed by atoms with van der Waals surface area (Å²) in [5.41, 5.74) is 2.83. The van der Waals surface area contributed by atoms with E-state index < -0.39 is 0 Å². The Labute approximate surface area is 184 Å². The van der Waals surface area contributed by atoms with Gasteiger partial charge >= 0.3 is 5.69 Å². The zero-order valence-corrected chi connectivity index (χ0v) is 17.7. The standard InChI is InChI=1S/C24H22N4O4/c1-27-20-5-3-4-6-21(20)28(24(27)31)15-22(29)25-17-9-7-16(8-10-17)23(30)26-18-11-13-19(32-2)14-12-18/h3-14H,15H2,1-2H3,(H,25,29)(H,26,30). The molecule has 0 fully saturated rings. The van der Waals surface area contributed by atoms with E-state index in [1.54, 1.807) is 68.8 Å². The summed E-state index contributed by atoms with van der Waals surface area (Å²) < 4.78 is 8.05. The van der Waals surface area contributed by atoms with Crippen LogP contribution in [0.15, 0.2) is 77.6 Å². The first-order valence-electron chi connectivity index (χ1n) is 9.96. The van der Waals surface area contributed by atoms with E-state index in [0.29, 0.717) is 28.2 Å². The zero-order chi connectivity index (χ0) is 22.7. The molecular formula is C24H22N4O4. The van der Waals surface area contributed by atoms with Crippen molar-refractivity contribution in [2.24, 2.45) is 7.05 Å². The largest absolute Gasteiger partial charge is 0.497 e. The second kappa shape index (κ2) is 8.81. The molecule has 8 nitrogen and oxygen atoms in total. The summed E-state index contributed by atoms with van der Waals surface area (Å²) in [6.07, 6.45) is 0. The number of imidazole rings is 1. The van der Waals surface area contributed by atoms with Crippen LogP contribution in [0.3, 0.4) is 0 Å². The Bertz CT molecular complexity index is 1340. The molecule has 0 spiro atoms. The van der Waals surface area contributed by atoms with Gasteiger partial charge in [0.1, 0.15) is 12.3 Å². The summed E-state index contributed by atoms with van der Waals surface area (Å²) in [4.78, 5) is 37.4. The second-order valence-electron chi connectivity index (χ2n) is 7.22. The number of carbonyl (C=O) groups is 2. The van der Waals surface area contributed by atoms with E-state index in [4.69, 9.17) is 4.74 Å². The monoisotopic (exact) mass is 430 g/mol. The molecular weight excluding hydrogens is 408 g/mol. The number of rotatable bonds is 6. The van der Waals surface area contributed by atoms with Crippen LogP contribution in [-0.2, 0) is 18.4 Å². The average molecular weight is 430 g/mol. The first-order chi connectivity index (χ1) is 15.5. The summed E-state index contributed by atoms with van der Waals surface area (Å²) >= 11 is 0. The van der Waals surface area contributed by atoms with Gasteiger partial charge < -0.3 is 15.4 Å². The number of ether oxygens (including phenoxy) is 1. The minimum absolute atomic E-state index is 0.111. The average Bonchev–Trinajstić information content (AvgIpc) is 3.05. The Hall–Kier alpha value is -4.33. The van der Waals surface area contributed by atoms with Crippen molar-refractivity contribution in [1.29, 1.82) is 0 Å². The minimum atomic E-state index is -0.334. The van der Waals surface area contributed by atoms with Crippen LogP contribution in [0.5, 0.6) is 5.75 Å². The summed E-state index contributed by atoms with van der Waals surface area (Å²) in [6.45, 7) is -0.111. The van der Waals surface area contributed by atoms with Crippen molar-refractivity contribution < 1.29 is 14.3 Å². The third-order valence-electron chi connectivity index (χ3n) is 5.13. The van der Waals surface area contributed by atoms with Gasteiger partial charge in [-0.3, -0.25) is 18.7 Å². The molecule has 0 bridgehead atoms. The third-order valence-corrected chi connectivity index (χ3v) is 5.13. The van der Waals surface area contributed by atoms with Gasteiger partial charge in [-0.2, -0.15) is 0 Å². The van der Waals surface area contributed by atoms with E-state index in [1.165, 1.54) is 9.13 Å². The number of para-hydroxylation sites is 2. The molecule has 0 aliphatic heterocycles. The molecule has 4 aromatic rings.